The fourth-order valence-corrected chi connectivity index (χ4v) is 3.43. The van der Waals surface area contributed by atoms with Crippen LogP contribution in [0.5, 0.6) is 0 Å². The van der Waals surface area contributed by atoms with Crippen LogP contribution in [-0.2, 0) is 0 Å². The average molecular weight is 221 g/mol. The molecule has 1 heteroatoms. The van der Waals surface area contributed by atoms with Gasteiger partial charge in [0, 0.05) is 0 Å². The SMILES string of the molecule is CCCC(C)CC1(C#N)CCCC(CC)C1. The molecule has 1 saturated carbocycles. The van der Waals surface area contributed by atoms with Crippen LogP contribution in [-0.4, -0.2) is 0 Å². The van der Waals surface area contributed by atoms with Gasteiger partial charge in [0.15, 0.2) is 0 Å². The molecule has 0 heterocycles. The lowest BCUT2D eigenvalue weighted by Gasteiger charge is -2.37. The first-order chi connectivity index (χ1) is 7.65. The monoisotopic (exact) mass is 221 g/mol. The molecule has 0 aliphatic heterocycles. The van der Waals surface area contributed by atoms with Gasteiger partial charge >= 0.3 is 0 Å². The Bertz CT molecular complexity index is 240. The van der Waals surface area contributed by atoms with E-state index in [4.69, 9.17) is 0 Å². The summed E-state index contributed by atoms with van der Waals surface area (Å²) in [7, 11) is 0. The Kier molecular flexibility index (Phi) is 5.32. The predicted molar refractivity (Wildman–Crippen MR) is 69.0 cm³/mol. The summed E-state index contributed by atoms with van der Waals surface area (Å²) in [6, 6.07) is 2.67. The van der Waals surface area contributed by atoms with Crippen LogP contribution < -0.4 is 0 Å². The number of hydrogen-bond donors (Lipinski definition) is 0. The van der Waals surface area contributed by atoms with E-state index in [9.17, 15) is 5.26 Å². The molecule has 92 valence electrons. The number of rotatable bonds is 5. The van der Waals surface area contributed by atoms with Crippen molar-refractivity contribution in [3.63, 3.8) is 0 Å². The minimum Gasteiger partial charge on any atom is -0.198 e. The second-order valence-corrected chi connectivity index (χ2v) is 5.86. The van der Waals surface area contributed by atoms with E-state index in [0.29, 0.717) is 0 Å². The lowest BCUT2D eigenvalue weighted by Crippen LogP contribution is -2.29. The molecule has 1 aliphatic rings. The van der Waals surface area contributed by atoms with Crippen molar-refractivity contribution in [3.8, 4) is 6.07 Å². The third-order valence-corrected chi connectivity index (χ3v) is 4.28. The molecule has 0 spiro atoms. The van der Waals surface area contributed by atoms with Crippen LogP contribution in [0.3, 0.4) is 0 Å². The zero-order valence-electron chi connectivity index (χ0n) is 11.3. The summed E-state index contributed by atoms with van der Waals surface area (Å²) in [6.07, 6.45) is 9.84. The molecular formula is C15H27N. The molecule has 0 saturated heterocycles. The second-order valence-electron chi connectivity index (χ2n) is 5.86. The number of nitriles is 1. The van der Waals surface area contributed by atoms with Crippen molar-refractivity contribution in [2.24, 2.45) is 17.3 Å². The van der Waals surface area contributed by atoms with Crippen LogP contribution in [0.15, 0.2) is 0 Å². The van der Waals surface area contributed by atoms with Gasteiger partial charge in [-0.15, -0.1) is 0 Å². The zero-order valence-corrected chi connectivity index (χ0v) is 11.3. The predicted octanol–water partition coefficient (Wildman–Crippen LogP) is 4.92. The average Bonchev–Trinajstić information content (AvgIpc) is 2.29. The Morgan fingerprint density at radius 2 is 2.19 bits per heavy atom. The third kappa shape index (κ3) is 3.51. The van der Waals surface area contributed by atoms with Crippen molar-refractivity contribution >= 4 is 0 Å². The van der Waals surface area contributed by atoms with E-state index in [1.54, 1.807) is 0 Å². The van der Waals surface area contributed by atoms with Gasteiger partial charge in [0.25, 0.3) is 0 Å². The maximum absolute atomic E-state index is 9.52. The van der Waals surface area contributed by atoms with Crippen molar-refractivity contribution in [2.45, 2.75) is 72.1 Å². The molecule has 0 bridgehead atoms. The highest BCUT2D eigenvalue weighted by atomic mass is 14.4. The van der Waals surface area contributed by atoms with E-state index in [2.05, 4.69) is 26.8 Å². The molecule has 1 nitrogen and oxygen atoms in total. The van der Waals surface area contributed by atoms with Crippen LogP contribution >= 0.6 is 0 Å². The summed E-state index contributed by atoms with van der Waals surface area (Å²) >= 11 is 0. The van der Waals surface area contributed by atoms with Gasteiger partial charge in [-0.2, -0.15) is 5.26 Å². The van der Waals surface area contributed by atoms with E-state index in [-0.39, 0.29) is 5.41 Å². The van der Waals surface area contributed by atoms with E-state index >= 15 is 0 Å². The molecule has 16 heavy (non-hydrogen) atoms. The molecule has 1 rings (SSSR count). The number of nitrogens with zero attached hydrogens (tertiary/aromatic N) is 1. The topological polar surface area (TPSA) is 23.8 Å². The molecule has 0 radical (unpaired) electrons. The molecule has 0 amide bonds. The molecule has 3 unspecified atom stereocenters. The highest BCUT2D eigenvalue weighted by molar-refractivity contribution is 5.02. The van der Waals surface area contributed by atoms with Crippen molar-refractivity contribution in [1.29, 1.82) is 5.26 Å². The smallest absolute Gasteiger partial charge is 0.0689 e. The Hall–Kier alpha value is -0.510. The van der Waals surface area contributed by atoms with Gasteiger partial charge in [0.05, 0.1) is 11.5 Å². The maximum atomic E-state index is 9.52. The van der Waals surface area contributed by atoms with E-state index in [0.717, 1.165) is 31.1 Å². The van der Waals surface area contributed by atoms with Crippen LogP contribution in [0.2, 0.25) is 0 Å². The second kappa shape index (κ2) is 6.28. The minimum absolute atomic E-state index is 0.0213. The van der Waals surface area contributed by atoms with Crippen LogP contribution in [0, 0.1) is 28.6 Å². The first kappa shape index (κ1) is 13.6. The van der Waals surface area contributed by atoms with Crippen LogP contribution in [0.4, 0.5) is 0 Å². The number of hydrogen-bond acceptors (Lipinski definition) is 1. The molecular weight excluding hydrogens is 194 g/mol. The summed E-state index contributed by atoms with van der Waals surface area (Å²) in [5.41, 5.74) is 0.0213. The molecule has 3 atom stereocenters. The third-order valence-electron chi connectivity index (χ3n) is 4.28. The molecule has 0 aromatic carbocycles. The lowest BCUT2D eigenvalue weighted by atomic mass is 9.66. The van der Waals surface area contributed by atoms with Gasteiger partial charge in [-0.25, -0.2) is 0 Å². The maximum Gasteiger partial charge on any atom is 0.0689 e. The van der Waals surface area contributed by atoms with Crippen LogP contribution in [0.1, 0.15) is 72.1 Å². The Balaban J connectivity index is 2.59. The van der Waals surface area contributed by atoms with Crippen molar-refractivity contribution in [2.75, 3.05) is 0 Å². The summed E-state index contributed by atoms with van der Waals surface area (Å²) in [5.74, 6) is 1.53. The molecule has 1 fully saturated rings. The largest absolute Gasteiger partial charge is 0.198 e. The summed E-state index contributed by atoms with van der Waals surface area (Å²) in [4.78, 5) is 0. The van der Waals surface area contributed by atoms with Crippen LogP contribution in [0.25, 0.3) is 0 Å². The Morgan fingerprint density at radius 3 is 2.75 bits per heavy atom. The van der Waals surface area contributed by atoms with Gasteiger partial charge in [0.1, 0.15) is 0 Å². The summed E-state index contributed by atoms with van der Waals surface area (Å²) in [5, 5.41) is 9.52. The molecule has 0 N–H and O–H groups in total. The zero-order chi connectivity index (χ0) is 12.0. The summed E-state index contributed by atoms with van der Waals surface area (Å²) < 4.78 is 0. The van der Waals surface area contributed by atoms with Gasteiger partial charge in [0.2, 0.25) is 0 Å². The molecule has 0 aromatic heterocycles. The fraction of sp³-hybridized carbons (Fsp3) is 0.933. The van der Waals surface area contributed by atoms with E-state index < -0.39 is 0 Å². The summed E-state index contributed by atoms with van der Waals surface area (Å²) in [6.45, 7) is 6.83. The molecule has 1 aliphatic carbocycles. The Morgan fingerprint density at radius 1 is 1.44 bits per heavy atom. The van der Waals surface area contributed by atoms with Gasteiger partial charge in [-0.05, 0) is 31.1 Å². The Labute approximate surface area is 101 Å². The first-order valence-corrected chi connectivity index (χ1v) is 7.07. The van der Waals surface area contributed by atoms with Gasteiger partial charge < -0.3 is 0 Å². The minimum atomic E-state index is 0.0213. The van der Waals surface area contributed by atoms with E-state index in [1.165, 1.54) is 32.1 Å². The van der Waals surface area contributed by atoms with Crippen molar-refractivity contribution in [1.82, 2.24) is 0 Å². The first-order valence-electron chi connectivity index (χ1n) is 7.07. The highest BCUT2D eigenvalue weighted by Crippen LogP contribution is 2.44. The van der Waals surface area contributed by atoms with E-state index in [1.807, 2.05) is 0 Å². The normalized spacial score (nSPS) is 32.0. The van der Waals surface area contributed by atoms with Crippen molar-refractivity contribution in [3.05, 3.63) is 0 Å². The van der Waals surface area contributed by atoms with Crippen molar-refractivity contribution < 1.29 is 0 Å². The quantitative estimate of drug-likeness (QED) is 0.646. The highest BCUT2D eigenvalue weighted by Gasteiger charge is 2.36. The van der Waals surface area contributed by atoms with Gasteiger partial charge in [-0.3, -0.25) is 0 Å². The van der Waals surface area contributed by atoms with Gasteiger partial charge in [-0.1, -0.05) is 52.9 Å². The molecule has 0 aromatic rings. The fourth-order valence-electron chi connectivity index (χ4n) is 3.43. The lowest BCUT2D eigenvalue weighted by molar-refractivity contribution is 0.158. The standard InChI is InChI=1S/C15H27N/c1-4-7-13(3)10-15(12-16)9-6-8-14(5-2)11-15/h13-14H,4-11H2,1-3H3.